The fraction of sp³-hybridized carbons (Fsp3) is 0.667. The number of likely N-dealkylation sites (tertiary alicyclic amines) is 1. The molecular formula is C18H23NO3. The van der Waals surface area contributed by atoms with Crippen molar-refractivity contribution in [2.24, 2.45) is 5.92 Å². The van der Waals surface area contributed by atoms with Gasteiger partial charge in [-0.25, -0.2) is 0 Å². The van der Waals surface area contributed by atoms with E-state index in [4.69, 9.17) is 9.47 Å². The van der Waals surface area contributed by atoms with E-state index in [0.717, 1.165) is 31.6 Å². The topological polar surface area (TPSA) is 41.9 Å². The molecule has 1 saturated heterocycles. The Balaban J connectivity index is 1.78. The monoisotopic (exact) mass is 301 g/mol. The Labute approximate surface area is 131 Å². The lowest BCUT2D eigenvalue weighted by molar-refractivity contribution is -0.111. The average molecular weight is 301 g/mol. The number of hydrogen-bond donors (Lipinski definition) is 1. The molecule has 1 N–H and O–H groups in total. The molecule has 118 valence electrons. The van der Waals surface area contributed by atoms with E-state index in [2.05, 4.69) is 18.0 Å². The summed E-state index contributed by atoms with van der Waals surface area (Å²) in [6, 6.07) is 4.51. The Morgan fingerprint density at radius 1 is 1.36 bits per heavy atom. The van der Waals surface area contributed by atoms with Crippen molar-refractivity contribution in [2.75, 3.05) is 20.7 Å². The highest BCUT2D eigenvalue weighted by molar-refractivity contribution is 5.60. The number of methoxy groups -OCH3 is 1. The van der Waals surface area contributed by atoms with E-state index in [-0.39, 0.29) is 17.6 Å². The van der Waals surface area contributed by atoms with Gasteiger partial charge in [-0.2, -0.15) is 0 Å². The van der Waals surface area contributed by atoms with Gasteiger partial charge in [-0.05, 0) is 56.8 Å². The molecule has 0 aromatic heterocycles. The molecule has 5 rings (SSSR count). The predicted molar refractivity (Wildman–Crippen MR) is 82.5 cm³/mol. The van der Waals surface area contributed by atoms with Crippen LogP contribution in [0.2, 0.25) is 0 Å². The van der Waals surface area contributed by atoms with Gasteiger partial charge >= 0.3 is 0 Å². The first kappa shape index (κ1) is 13.2. The van der Waals surface area contributed by atoms with Crippen LogP contribution in [0.5, 0.6) is 11.5 Å². The molecule has 2 unspecified atom stereocenters. The van der Waals surface area contributed by atoms with Crippen LogP contribution in [0, 0.1) is 5.92 Å². The van der Waals surface area contributed by atoms with Crippen molar-refractivity contribution in [1.82, 2.24) is 4.90 Å². The SMILES string of the molecule is COC1CCC2[C@H]3Cc4ccc(O)c5c4[C@@]2(CCN3C)[C@@H]1O5. The van der Waals surface area contributed by atoms with Gasteiger partial charge in [0.25, 0.3) is 0 Å². The summed E-state index contributed by atoms with van der Waals surface area (Å²) < 4.78 is 12.1. The smallest absolute Gasteiger partial charge is 0.165 e. The van der Waals surface area contributed by atoms with E-state index in [1.165, 1.54) is 17.5 Å². The highest BCUT2D eigenvalue weighted by Gasteiger charge is 2.65. The van der Waals surface area contributed by atoms with E-state index in [1.54, 1.807) is 13.2 Å². The number of rotatable bonds is 1. The molecular weight excluding hydrogens is 278 g/mol. The second-order valence-corrected chi connectivity index (χ2v) is 7.49. The van der Waals surface area contributed by atoms with Gasteiger partial charge in [-0.1, -0.05) is 6.07 Å². The van der Waals surface area contributed by atoms with Crippen molar-refractivity contribution < 1.29 is 14.6 Å². The summed E-state index contributed by atoms with van der Waals surface area (Å²) >= 11 is 0. The second-order valence-electron chi connectivity index (χ2n) is 7.49. The van der Waals surface area contributed by atoms with Crippen LogP contribution in [0.3, 0.4) is 0 Å². The zero-order valence-corrected chi connectivity index (χ0v) is 13.2. The van der Waals surface area contributed by atoms with E-state index in [1.807, 2.05) is 0 Å². The highest BCUT2D eigenvalue weighted by atomic mass is 16.5. The third-order valence-corrected chi connectivity index (χ3v) is 6.84. The van der Waals surface area contributed by atoms with Crippen LogP contribution in [-0.2, 0) is 16.6 Å². The molecule has 4 nitrogen and oxygen atoms in total. The summed E-state index contributed by atoms with van der Waals surface area (Å²) in [5, 5.41) is 10.3. The molecule has 4 aliphatic rings. The number of phenolic OH excluding ortho intramolecular Hbond substituents is 1. The normalized spacial score (nSPS) is 41.9. The summed E-state index contributed by atoms with van der Waals surface area (Å²) in [6.07, 6.45) is 4.65. The molecule has 2 aliphatic heterocycles. The van der Waals surface area contributed by atoms with E-state index < -0.39 is 0 Å². The maximum atomic E-state index is 10.3. The first-order valence-electron chi connectivity index (χ1n) is 8.42. The Hall–Kier alpha value is -1.26. The molecule has 1 saturated carbocycles. The maximum absolute atomic E-state index is 10.3. The average Bonchev–Trinajstić information content (AvgIpc) is 2.88. The lowest BCUT2D eigenvalue weighted by Gasteiger charge is -2.58. The standard InChI is InChI=1S/C18H23NO3/c1-19-8-7-18-11-4-6-14(21-2)17(18)22-16-13(20)5-3-10(15(16)18)9-12(11)19/h3,5,11-12,14,17,20H,4,6-9H2,1-2H3/t11?,12-,14?,17-,18+/m1/s1. The molecule has 0 radical (unpaired) electrons. The minimum absolute atomic E-state index is 0.0533. The molecule has 1 spiro atoms. The maximum Gasteiger partial charge on any atom is 0.165 e. The molecule has 2 heterocycles. The Morgan fingerprint density at radius 3 is 3.05 bits per heavy atom. The number of likely N-dealkylation sites (N-methyl/N-ethyl adjacent to an activating group) is 1. The quantitative estimate of drug-likeness (QED) is 0.862. The van der Waals surface area contributed by atoms with Gasteiger partial charge < -0.3 is 19.5 Å². The Bertz CT molecular complexity index is 645. The zero-order valence-electron chi connectivity index (χ0n) is 13.2. The van der Waals surface area contributed by atoms with Crippen LogP contribution in [0.25, 0.3) is 0 Å². The lowest BCUT2D eigenvalue weighted by Crippen LogP contribution is -2.66. The first-order valence-corrected chi connectivity index (χ1v) is 8.42. The van der Waals surface area contributed by atoms with E-state index in [9.17, 15) is 5.11 Å². The summed E-state index contributed by atoms with van der Waals surface area (Å²) in [4.78, 5) is 2.54. The zero-order chi connectivity index (χ0) is 15.1. The third-order valence-electron chi connectivity index (χ3n) is 6.84. The van der Waals surface area contributed by atoms with Gasteiger partial charge in [0, 0.05) is 24.1 Å². The molecule has 4 heteroatoms. The Morgan fingerprint density at radius 2 is 2.23 bits per heavy atom. The van der Waals surface area contributed by atoms with Crippen molar-refractivity contribution in [1.29, 1.82) is 0 Å². The molecule has 2 aliphatic carbocycles. The second kappa shape index (κ2) is 4.18. The summed E-state index contributed by atoms with van der Waals surface area (Å²) in [5.41, 5.74) is 2.74. The number of ether oxygens (including phenoxy) is 2. The Kier molecular flexibility index (Phi) is 2.51. The van der Waals surface area contributed by atoms with Crippen LogP contribution in [0.15, 0.2) is 12.1 Å². The van der Waals surface area contributed by atoms with Gasteiger partial charge in [-0.15, -0.1) is 0 Å². The number of benzene rings is 1. The number of phenols is 1. The van der Waals surface area contributed by atoms with Gasteiger partial charge in [0.15, 0.2) is 11.5 Å². The number of nitrogens with zero attached hydrogens (tertiary/aromatic N) is 1. The van der Waals surface area contributed by atoms with Gasteiger partial charge in [0.1, 0.15) is 6.10 Å². The first-order chi connectivity index (χ1) is 10.7. The summed E-state index contributed by atoms with van der Waals surface area (Å²) in [6.45, 7) is 1.10. The minimum Gasteiger partial charge on any atom is -0.504 e. The molecule has 0 amide bonds. The number of piperidine rings is 1. The minimum atomic E-state index is 0.0533. The molecule has 1 aromatic carbocycles. The van der Waals surface area contributed by atoms with Crippen LogP contribution in [-0.4, -0.2) is 49.0 Å². The molecule has 2 fully saturated rings. The fourth-order valence-corrected chi connectivity index (χ4v) is 5.93. The number of aromatic hydroxyl groups is 1. The molecule has 2 bridgehead atoms. The van der Waals surface area contributed by atoms with E-state index >= 15 is 0 Å². The number of hydrogen-bond acceptors (Lipinski definition) is 4. The van der Waals surface area contributed by atoms with Crippen molar-refractivity contribution in [3.8, 4) is 11.5 Å². The lowest BCUT2D eigenvalue weighted by atomic mass is 9.51. The molecule has 22 heavy (non-hydrogen) atoms. The van der Waals surface area contributed by atoms with Crippen molar-refractivity contribution in [2.45, 2.75) is 49.3 Å². The third kappa shape index (κ3) is 1.32. The van der Waals surface area contributed by atoms with E-state index in [0.29, 0.717) is 17.7 Å². The van der Waals surface area contributed by atoms with Crippen LogP contribution < -0.4 is 4.74 Å². The van der Waals surface area contributed by atoms with Crippen LogP contribution in [0.4, 0.5) is 0 Å². The summed E-state index contributed by atoms with van der Waals surface area (Å²) in [7, 11) is 4.06. The molecule has 5 atom stereocenters. The van der Waals surface area contributed by atoms with Crippen molar-refractivity contribution in [3.05, 3.63) is 23.3 Å². The predicted octanol–water partition coefficient (Wildman–Crippen LogP) is 2.08. The van der Waals surface area contributed by atoms with Crippen LogP contribution >= 0.6 is 0 Å². The van der Waals surface area contributed by atoms with Gasteiger partial charge in [-0.3, -0.25) is 0 Å². The summed E-state index contributed by atoms with van der Waals surface area (Å²) in [5.74, 6) is 1.67. The molecule has 1 aromatic rings. The largest absolute Gasteiger partial charge is 0.504 e. The van der Waals surface area contributed by atoms with Crippen LogP contribution in [0.1, 0.15) is 30.4 Å². The van der Waals surface area contributed by atoms with Gasteiger partial charge in [0.05, 0.1) is 6.10 Å². The van der Waals surface area contributed by atoms with Gasteiger partial charge in [0.2, 0.25) is 0 Å². The van der Waals surface area contributed by atoms with Crippen molar-refractivity contribution in [3.63, 3.8) is 0 Å². The fourth-order valence-electron chi connectivity index (χ4n) is 5.93. The highest BCUT2D eigenvalue weighted by Crippen LogP contribution is 2.63. The van der Waals surface area contributed by atoms with Crippen molar-refractivity contribution >= 4 is 0 Å².